The molecule has 1 aromatic heterocycles. The first-order chi connectivity index (χ1) is 11.5. The van der Waals surface area contributed by atoms with Crippen LogP contribution in [-0.2, 0) is 13.1 Å². The second-order valence-electron chi connectivity index (χ2n) is 5.69. The van der Waals surface area contributed by atoms with Crippen LogP contribution in [0.15, 0.2) is 41.4 Å². The van der Waals surface area contributed by atoms with E-state index in [9.17, 15) is 4.79 Å². The maximum absolute atomic E-state index is 11.9. The lowest BCUT2D eigenvalue weighted by Gasteiger charge is -2.12. The van der Waals surface area contributed by atoms with Gasteiger partial charge in [0, 0.05) is 43.0 Å². The Balaban J connectivity index is 0.00000312. The van der Waals surface area contributed by atoms with Gasteiger partial charge in [0.25, 0.3) is 5.91 Å². The number of benzene rings is 1. The smallest absolute Gasteiger partial charge is 0.253 e. The van der Waals surface area contributed by atoms with Gasteiger partial charge in [-0.25, -0.2) is 0 Å². The highest BCUT2D eigenvalue weighted by Crippen LogP contribution is 2.14. The van der Waals surface area contributed by atoms with Gasteiger partial charge in [-0.1, -0.05) is 12.1 Å². The number of aliphatic imine (C=N–C) groups is 1. The fourth-order valence-electron chi connectivity index (χ4n) is 2.18. The van der Waals surface area contributed by atoms with E-state index in [4.69, 9.17) is 0 Å². The van der Waals surface area contributed by atoms with Crippen LogP contribution in [0.1, 0.15) is 25.7 Å². The van der Waals surface area contributed by atoms with E-state index in [0.29, 0.717) is 12.1 Å². The third-order valence-electron chi connectivity index (χ3n) is 3.52. The summed E-state index contributed by atoms with van der Waals surface area (Å²) >= 11 is 1.78. The first-order valence-electron chi connectivity index (χ1n) is 7.80. The lowest BCUT2D eigenvalue weighted by molar-refractivity contribution is 0.0827. The lowest BCUT2D eigenvalue weighted by Crippen LogP contribution is -2.36. The first kappa shape index (κ1) is 21.4. The molecule has 1 aromatic carbocycles. The average Bonchev–Trinajstić information content (AvgIpc) is 3.00. The van der Waals surface area contributed by atoms with Gasteiger partial charge < -0.3 is 15.5 Å². The van der Waals surface area contributed by atoms with Crippen LogP contribution in [0, 0.1) is 6.92 Å². The number of nitrogens with zero attached hydrogens (tertiary/aromatic N) is 2. The molecule has 0 aliphatic carbocycles. The van der Waals surface area contributed by atoms with E-state index in [0.717, 1.165) is 18.1 Å². The molecule has 2 aromatic rings. The predicted octanol–water partition coefficient (Wildman–Crippen LogP) is 3.24. The Bertz CT molecular complexity index is 710. The topological polar surface area (TPSA) is 56.7 Å². The third-order valence-corrected chi connectivity index (χ3v) is 4.52. The van der Waals surface area contributed by atoms with Crippen molar-refractivity contribution in [3.63, 3.8) is 0 Å². The van der Waals surface area contributed by atoms with Crippen molar-refractivity contribution in [1.82, 2.24) is 15.5 Å². The van der Waals surface area contributed by atoms with E-state index in [1.807, 2.05) is 24.3 Å². The molecule has 0 aliphatic rings. The van der Waals surface area contributed by atoms with Gasteiger partial charge in [-0.05, 0) is 36.8 Å². The molecule has 0 spiro atoms. The predicted molar refractivity (Wildman–Crippen MR) is 116 cm³/mol. The van der Waals surface area contributed by atoms with Gasteiger partial charge in [0.15, 0.2) is 5.96 Å². The summed E-state index contributed by atoms with van der Waals surface area (Å²) in [5, 5.41) is 6.58. The van der Waals surface area contributed by atoms with Crippen LogP contribution in [0.25, 0.3) is 0 Å². The Labute approximate surface area is 170 Å². The van der Waals surface area contributed by atoms with Gasteiger partial charge in [0.2, 0.25) is 0 Å². The first-order valence-corrected chi connectivity index (χ1v) is 8.61. The molecule has 0 saturated carbocycles. The van der Waals surface area contributed by atoms with E-state index < -0.39 is 0 Å². The highest BCUT2D eigenvalue weighted by molar-refractivity contribution is 14.0. The summed E-state index contributed by atoms with van der Waals surface area (Å²) in [5.41, 5.74) is 1.79. The number of guanidine groups is 1. The molecule has 0 atom stereocenters. The number of amides is 1. The molecule has 0 bridgehead atoms. The van der Waals surface area contributed by atoms with Gasteiger partial charge in [-0.2, -0.15) is 0 Å². The van der Waals surface area contributed by atoms with Gasteiger partial charge in [-0.15, -0.1) is 35.3 Å². The van der Waals surface area contributed by atoms with Crippen LogP contribution in [0.4, 0.5) is 0 Å². The van der Waals surface area contributed by atoms with Crippen molar-refractivity contribution in [2.45, 2.75) is 20.0 Å². The summed E-state index contributed by atoms with van der Waals surface area (Å²) < 4.78 is 0. The molecule has 1 heterocycles. The number of thiophene rings is 1. The number of aryl methyl sites for hydroxylation is 1. The highest BCUT2D eigenvalue weighted by Gasteiger charge is 2.07. The maximum atomic E-state index is 11.9. The number of halogens is 1. The molecule has 25 heavy (non-hydrogen) atoms. The van der Waals surface area contributed by atoms with Crippen molar-refractivity contribution in [3.05, 3.63) is 57.3 Å². The van der Waals surface area contributed by atoms with Crippen LogP contribution in [0.3, 0.4) is 0 Å². The molecule has 7 heteroatoms. The van der Waals surface area contributed by atoms with Crippen LogP contribution >= 0.6 is 35.3 Å². The van der Waals surface area contributed by atoms with E-state index in [2.05, 4.69) is 34.7 Å². The Morgan fingerprint density at radius 3 is 2.24 bits per heavy atom. The summed E-state index contributed by atoms with van der Waals surface area (Å²) in [6, 6.07) is 11.9. The third kappa shape index (κ3) is 6.66. The second kappa shape index (κ2) is 10.4. The van der Waals surface area contributed by atoms with E-state index in [-0.39, 0.29) is 29.9 Å². The average molecular weight is 472 g/mol. The van der Waals surface area contributed by atoms with Gasteiger partial charge in [0.1, 0.15) is 0 Å². The molecule has 0 fully saturated rings. The molecule has 0 saturated heterocycles. The second-order valence-corrected chi connectivity index (χ2v) is 7.06. The van der Waals surface area contributed by atoms with Crippen molar-refractivity contribution < 1.29 is 4.79 Å². The van der Waals surface area contributed by atoms with Gasteiger partial charge >= 0.3 is 0 Å². The number of hydrogen-bond acceptors (Lipinski definition) is 3. The van der Waals surface area contributed by atoms with Crippen molar-refractivity contribution in [2.75, 3.05) is 21.1 Å². The van der Waals surface area contributed by atoms with Crippen LogP contribution in [-0.4, -0.2) is 37.9 Å². The zero-order chi connectivity index (χ0) is 17.5. The summed E-state index contributed by atoms with van der Waals surface area (Å²) in [5.74, 6) is 0.771. The fraction of sp³-hybridized carbons (Fsp3) is 0.333. The molecule has 2 N–H and O–H groups in total. The van der Waals surface area contributed by atoms with Gasteiger partial charge in [0.05, 0.1) is 6.54 Å². The number of rotatable bonds is 5. The molecular weight excluding hydrogens is 447 g/mol. The zero-order valence-electron chi connectivity index (χ0n) is 15.0. The molecule has 0 unspecified atom stereocenters. The molecule has 5 nitrogen and oxygen atoms in total. The molecule has 136 valence electrons. The number of carbonyl (C=O) groups excluding carboxylic acids is 1. The van der Waals surface area contributed by atoms with E-state index in [1.165, 1.54) is 9.75 Å². The molecule has 0 radical (unpaired) electrons. The zero-order valence-corrected chi connectivity index (χ0v) is 18.1. The van der Waals surface area contributed by atoms with Crippen molar-refractivity contribution in [2.24, 2.45) is 4.99 Å². The van der Waals surface area contributed by atoms with E-state index >= 15 is 0 Å². The largest absolute Gasteiger partial charge is 0.352 e. The number of nitrogens with one attached hydrogen (secondary N) is 2. The van der Waals surface area contributed by atoms with E-state index in [1.54, 1.807) is 37.4 Å². The van der Waals surface area contributed by atoms with Crippen LogP contribution in [0.5, 0.6) is 0 Å². The Kier molecular flexibility index (Phi) is 8.91. The van der Waals surface area contributed by atoms with Crippen molar-refractivity contribution in [1.29, 1.82) is 0 Å². The normalized spacial score (nSPS) is 10.8. The molecule has 0 aliphatic heterocycles. The van der Waals surface area contributed by atoms with Crippen LogP contribution < -0.4 is 10.6 Å². The van der Waals surface area contributed by atoms with Crippen molar-refractivity contribution >= 4 is 47.2 Å². The minimum Gasteiger partial charge on any atom is -0.352 e. The SMILES string of the molecule is CN=C(NCc1ccc(C(=O)N(C)C)cc1)NCc1ccc(C)s1.I. The summed E-state index contributed by atoms with van der Waals surface area (Å²) in [6.07, 6.45) is 0. The minimum absolute atomic E-state index is 0. The fourth-order valence-corrected chi connectivity index (χ4v) is 3.01. The highest BCUT2D eigenvalue weighted by atomic mass is 127. The molecule has 2 rings (SSSR count). The maximum Gasteiger partial charge on any atom is 0.253 e. The molecule has 1 amide bonds. The summed E-state index contributed by atoms with van der Waals surface area (Å²) in [7, 11) is 5.26. The van der Waals surface area contributed by atoms with Crippen molar-refractivity contribution in [3.8, 4) is 0 Å². The number of hydrogen-bond donors (Lipinski definition) is 2. The standard InChI is InChI=1S/C18H24N4OS.HI/c1-13-5-10-16(24-13)12-21-18(19-2)20-11-14-6-8-15(9-7-14)17(23)22(3)4;/h5-10H,11-12H2,1-4H3,(H2,19,20,21);1H. The van der Waals surface area contributed by atoms with Gasteiger partial charge in [-0.3, -0.25) is 9.79 Å². The summed E-state index contributed by atoms with van der Waals surface area (Å²) in [4.78, 5) is 20.3. The minimum atomic E-state index is 0. The quantitative estimate of drug-likeness (QED) is 0.399. The van der Waals surface area contributed by atoms with Crippen LogP contribution in [0.2, 0.25) is 0 Å². The molecular formula is C18H25IN4OS. The monoisotopic (exact) mass is 472 g/mol. The Morgan fingerprint density at radius 1 is 1.08 bits per heavy atom. The Morgan fingerprint density at radius 2 is 1.72 bits per heavy atom. The number of carbonyl (C=O) groups is 1. The Hall–Kier alpha value is -1.61. The lowest BCUT2D eigenvalue weighted by atomic mass is 10.1. The summed E-state index contributed by atoms with van der Waals surface area (Å²) in [6.45, 7) is 3.51.